The molecule has 0 atom stereocenters. The van der Waals surface area contributed by atoms with Crippen molar-refractivity contribution in [3.8, 4) is 16.9 Å². The molecule has 0 aliphatic rings. The minimum absolute atomic E-state index is 0.0440. The number of aromatic nitrogens is 2. The molecule has 0 saturated carbocycles. The van der Waals surface area contributed by atoms with Gasteiger partial charge in [-0.05, 0) is 56.3 Å². The normalized spacial score (nSPS) is 11.1. The number of halogens is 1. The van der Waals surface area contributed by atoms with Gasteiger partial charge in [0.05, 0.1) is 11.4 Å². The maximum atomic E-state index is 13.3. The largest absolute Gasteiger partial charge is 0.340 e. The Balaban J connectivity index is 2.01. The van der Waals surface area contributed by atoms with Gasteiger partial charge < -0.3 is 4.90 Å². The molecule has 3 aromatic rings. The summed E-state index contributed by atoms with van der Waals surface area (Å²) in [6.45, 7) is 5.22. The van der Waals surface area contributed by atoms with E-state index in [0.717, 1.165) is 16.8 Å². The average molecular weight is 363 g/mol. The van der Waals surface area contributed by atoms with E-state index in [-0.39, 0.29) is 11.7 Å². The molecule has 0 N–H and O–H groups in total. The van der Waals surface area contributed by atoms with E-state index >= 15 is 0 Å². The highest BCUT2D eigenvalue weighted by Gasteiger charge is 2.12. The fraction of sp³-hybridized carbons (Fsp3) is 0.182. The lowest BCUT2D eigenvalue weighted by Crippen LogP contribution is -2.28. The van der Waals surface area contributed by atoms with Gasteiger partial charge in [-0.25, -0.2) is 9.07 Å². The standard InChI is InChI=1S/C22H22FN3O/c1-3-25(4-2)21(27)15-12-18-16-26(20-8-6-5-7-9-20)24-22(18)17-10-13-19(23)14-11-17/h5-16H,3-4H2,1-2H3/b15-12+. The number of amides is 1. The van der Waals surface area contributed by atoms with Gasteiger partial charge in [0.2, 0.25) is 5.91 Å². The summed E-state index contributed by atoms with van der Waals surface area (Å²) < 4.78 is 15.1. The monoisotopic (exact) mass is 363 g/mol. The molecule has 0 saturated heterocycles. The molecule has 0 fully saturated rings. The molecule has 2 aromatic carbocycles. The molecule has 1 amide bonds. The molecule has 1 aromatic heterocycles. The van der Waals surface area contributed by atoms with Crippen LogP contribution in [-0.4, -0.2) is 33.7 Å². The SMILES string of the molecule is CCN(CC)C(=O)/C=C/c1cn(-c2ccccc2)nc1-c1ccc(F)cc1. The Morgan fingerprint density at radius 2 is 1.74 bits per heavy atom. The Kier molecular flexibility index (Phi) is 5.81. The molecular weight excluding hydrogens is 341 g/mol. The quantitative estimate of drug-likeness (QED) is 0.602. The van der Waals surface area contributed by atoms with Crippen molar-refractivity contribution in [2.75, 3.05) is 13.1 Å². The van der Waals surface area contributed by atoms with Crippen molar-refractivity contribution < 1.29 is 9.18 Å². The molecule has 0 aliphatic carbocycles. The van der Waals surface area contributed by atoms with E-state index in [0.29, 0.717) is 18.8 Å². The maximum absolute atomic E-state index is 13.3. The molecular formula is C22H22FN3O. The molecule has 0 bridgehead atoms. The van der Waals surface area contributed by atoms with Crippen molar-refractivity contribution in [3.05, 3.63) is 78.3 Å². The van der Waals surface area contributed by atoms with Crippen molar-refractivity contribution in [2.24, 2.45) is 0 Å². The predicted octanol–water partition coefficient (Wildman–Crippen LogP) is 4.56. The van der Waals surface area contributed by atoms with Gasteiger partial charge >= 0.3 is 0 Å². The van der Waals surface area contributed by atoms with Gasteiger partial charge in [-0.15, -0.1) is 0 Å². The fourth-order valence-corrected chi connectivity index (χ4v) is 2.86. The van der Waals surface area contributed by atoms with Crippen molar-refractivity contribution in [1.29, 1.82) is 0 Å². The van der Waals surface area contributed by atoms with Gasteiger partial charge in [-0.3, -0.25) is 4.79 Å². The molecule has 138 valence electrons. The first-order valence-corrected chi connectivity index (χ1v) is 9.00. The van der Waals surface area contributed by atoms with Crippen molar-refractivity contribution in [1.82, 2.24) is 14.7 Å². The van der Waals surface area contributed by atoms with Gasteiger partial charge in [0.1, 0.15) is 5.82 Å². The molecule has 4 nitrogen and oxygen atoms in total. The van der Waals surface area contributed by atoms with Crippen LogP contribution in [-0.2, 0) is 4.79 Å². The van der Waals surface area contributed by atoms with Crippen LogP contribution < -0.4 is 0 Å². The van der Waals surface area contributed by atoms with Gasteiger partial charge in [0.25, 0.3) is 0 Å². The third-order valence-electron chi connectivity index (χ3n) is 4.36. The van der Waals surface area contributed by atoms with Crippen LogP contribution in [0.15, 0.2) is 66.9 Å². The van der Waals surface area contributed by atoms with E-state index in [1.165, 1.54) is 12.1 Å². The van der Waals surface area contributed by atoms with Crippen molar-refractivity contribution in [3.63, 3.8) is 0 Å². The Bertz CT molecular complexity index is 926. The van der Waals surface area contributed by atoms with Crippen LogP contribution in [0.2, 0.25) is 0 Å². The Morgan fingerprint density at radius 3 is 2.37 bits per heavy atom. The Labute approximate surface area is 158 Å². The molecule has 0 radical (unpaired) electrons. The second kappa shape index (κ2) is 8.45. The van der Waals surface area contributed by atoms with Gasteiger partial charge in [-0.2, -0.15) is 5.10 Å². The summed E-state index contributed by atoms with van der Waals surface area (Å²) >= 11 is 0. The van der Waals surface area contributed by atoms with Crippen LogP contribution in [0.4, 0.5) is 4.39 Å². The summed E-state index contributed by atoms with van der Waals surface area (Å²) in [6.07, 6.45) is 5.21. The minimum Gasteiger partial charge on any atom is -0.340 e. The summed E-state index contributed by atoms with van der Waals surface area (Å²) in [5, 5.41) is 4.66. The lowest BCUT2D eigenvalue weighted by atomic mass is 10.1. The van der Waals surface area contributed by atoms with E-state index in [4.69, 9.17) is 0 Å². The summed E-state index contributed by atoms with van der Waals surface area (Å²) in [4.78, 5) is 14.1. The van der Waals surface area contributed by atoms with Gasteiger partial charge in [0, 0.05) is 36.5 Å². The summed E-state index contributed by atoms with van der Waals surface area (Å²) in [6, 6.07) is 15.9. The summed E-state index contributed by atoms with van der Waals surface area (Å²) in [7, 11) is 0. The second-order valence-electron chi connectivity index (χ2n) is 6.06. The van der Waals surface area contributed by atoms with Crippen LogP contribution in [0.3, 0.4) is 0 Å². The first kappa shape index (κ1) is 18.6. The highest BCUT2D eigenvalue weighted by Crippen LogP contribution is 2.25. The zero-order valence-electron chi connectivity index (χ0n) is 15.5. The highest BCUT2D eigenvalue weighted by molar-refractivity contribution is 5.92. The number of para-hydroxylation sites is 1. The Hall–Kier alpha value is -3.21. The topological polar surface area (TPSA) is 38.1 Å². The van der Waals surface area contributed by atoms with E-state index in [2.05, 4.69) is 5.10 Å². The lowest BCUT2D eigenvalue weighted by Gasteiger charge is -2.15. The number of nitrogens with zero attached hydrogens (tertiary/aromatic N) is 3. The number of carbonyl (C=O) groups is 1. The number of likely N-dealkylation sites (N-methyl/N-ethyl adjacent to an activating group) is 1. The summed E-state index contributed by atoms with van der Waals surface area (Å²) in [5.41, 5.74) is 3.20. The smallest absolute Gasteiger partial charge is 0.246 e. The van der Waals surface area contributed by atoms with Crippen LogP contribution in [0.5, 0.6) is 0 Å². The predicted molar refractivity (Wildman–Crippen MR) is 106 cm³/mol. The summed E-state index contributed by atoms with van der Waals surface area (Å²) in [5.74, 6) is -0.340. The zero-order valence-corrected chi connectivity index (χ0v) is 15.5. The minimum atomic E-state index is -0.296. The molecule has 0 spiro atoms. The average Bonchev–Trinajstić information content (AvgIpc) is 3.13. The van der Waals surface area contributed by atoms with E-state index in [1.54, 1.807) is 33.9 Å². The fourth-order valence-electron chi connectivity index (χ4n) is 2.86. The van der Waals surface area contributed by atoms with Crippen LogP contribution in [0.25, 0.3) is 23.0 Å². The van der Waals surface area contributed by atoms with Crippen molar-refractivity contribution >= 4 is 12.0 Å². The van der Waals surface area contributed by atoms with E-state index < -0.39 is 0 Å². The van der Waals surface area contributed by atoms with E-state index in [9.17, 15) is 9.18 Å². The number of carbonyl (C=O) groups excluding carboxylic acids is 1. The molecule has 0 unspecified atom stereocenters. The molecule has 5 heteroatoms. The number of hydrogen-bond acceptors (Lipinski definition) is 2. The number of benzene rings is 2. The first-order chi connectivity index (χ1) is 13.1. The molecule has 0 aliphatic heterocycles. The molecule has 1 heterocycles. The Morgan fingerprint density at radius 1 is 1.07 bits per heavy atom. The third kappa shape index (κ3) is 4.31. The van der Waals surface area contributed by atoms with Crippen LogP contribution >= 0.6 is 0 Å². The third-order valence-corrected chi connectivity index (χ3v) is 4.36. The van der Waals surface area contributed by atoms with Crippen molar-refractivity contribution in [2.45, 2.75) is 13.8 Å². The van der Waals surface area contributed by atoms with E-state index in [1.807, 2.05) is 50.4 Å². The lowest BCUT2D eigenvalue weighted by molar-refractivity contribution is -0.125. The first-order valence-electron chi connectivity index (χ1n) is 9.00. The maximum Gasteiger partial charge on any atom is 0.246 e. The number of hydrogen-bond donors (Lipinski definition) is 0. The zero-order chi connectivity index (χ0) is 19.2. The highest BCUT2D eigenvalue weighted by atomic mass is 19.1. The van der Waals surface area contributed by atoms with Crippen LogP contribution in [0.1, 0.15) is 19.4 Å². The van der Waals surface area contributed by atoms with Crippen LogP contribution in [0, 0.1) is 5.82 Å². The van der Waals surface area contributed by atoms with Gasteiger partial charge in [0.15, 0.2) is 0 Å². The molecule has 3 rings (SSSR count). The number of rotatable bonds is 6. The molecule has 27 heavy (non-hydrogen) atoms. The second-order valence-corrected chi connectivity index (χ2v) is 6.06. The van der Waals surface area contributed by atoms with Gasteiger partial charge in [-0.1, -0.05) is 18.2 Å².